The molecule has 134 valence electrons. The molecule has 1 fully saturated rings. The number of amides is 2. The van der Waals surface area contributed by atoms with Crippen LogP contribution in [0.2, 0.25) is 0 Å². The second-order valence-electron chi connectivity index (χ2n) is 6.07. The lowest BCUT2D eigenvalue weighted by atomic mass is 10.0. The van der Waals surface area contributed by atoms with E-state index in [0.29, 0.717) is 5.56 Å². The summed E-state index contributed by atoms with van der Waals surface area (Å²) >= 11 is 0. The van der Waals surface area contributed by atoms with E-state index in [-0.39, 0.29) is 18.6 Å². The number of nitrogens with one attached hydrogen (secondary N) is 2. The van der Waals surface area contributed by atoms with E-state index in [2.05, 4.69) is 21.6 Å². The van der Waals surface area contributed by atoms with Gasteiger partial charge in [-0.25, -0.2) is 4.79 Å². The molecule has 0 aliphatic carbocycles. The Morgan fingerprint density at radius 1 is 1.28 bits per heavy atom. The van der Waals surface area contributed by atoms with Crippen molar-refractivity contribution in [1.82, 2.24) is 15.5 Å². The van der Waals surface area contributed by atoms with Crippen molar-refractivity contribution in [3.8, 4) is 6.07 Å². The standard InChI is InChI=1S/C18H24N4O3/c1-20-17(23)13-25-18(24)21-16-7-10-22(11-8-16)9-6-14-2-4-15(12-19)5-3-14/h2-5,16H,6-11,13H2,1H3,(H,20,23)(H,21,24). The Morgan fingerprint density at radius 2 is 1.96 bits per heavy atom. The number of alkyl carbamates (subject to hydrolysis) is 1. The zero-order valence-corrected chi connectivity index (χ0v) is 14.5. The fourth-order valence-electron chi connectivity index (χ4n) is 2.75. The van der Waals surface area contributed by atoms with E-state index in [1.54, 1.807) is 0 Å². The second kappa shape index (κ2) is 9.64. The molecule has 2 rings (SSSR count). The molecule has 1 aliphatic heterocycles. The number of carbonyl (C=O) groups excluding carboxylic acids is 2. The highest BCUT2D eigenvalue weighted by Crippen LogP contribution is 2.12. The molecule has 1 aromatic rings. The number of likely N-dealkylation sites (tertiary alicyclic amines) is 1. The molecule has 0 atom stereocenters. The lowest BCUT2D eigenvalue weighted by Crippen LogP contribution is -2.45. The molecule has 7 nitrogen and oxygen atoms in total. The normalized spacial score (nSPS) is 15.2. The summed E-state index contributed by atoms with van der Waals surface area (Å²) in [6, 6.07) is 9.88. The molecule has 0 bridgehead atoms. The first-order valence-electron chi connectivity index (χ1n) is 8.46. The number of likely N-dealkylation sites (N-methyl/N-ethyl adjacent to an activating group) is 1. The molecule has 0 radical (unpaired) electrons. The van der Waals surface area contributed by atoms with Crippen molar-refractivity contribution in [2.75, 3.05) is 33.3 Å². The Morgan fingerprint density at radius 3 is 2.56 bits per heavy atom. The summed E-state index contributed by atoms with van der Waals surface area (Å²) in [5, 5.41) is 14.0. The smallest absolute Gasteiger partial charge is 0.407 e. The van der Waals surface area contributed by atoms with Crippen LogP contribution in [0.15, 0.2) is 24.3 Å². The van der Waals surface area contributed by atoms with E-state index >= 15 is 0 Å². The first kappa shape index (κ1) is 18.7. The highest BCUT2D eigenvalue weighted by Gasteiger charge is 2.21. The first-order valence-corrected chi connectivity index (χ1v) is 8.46. The van der Waals surface area contributed by atoms with Gasteiger partial charge in [0.05, 0.1) is 11.6 Å². The van der Waals surface area contributed by atoms with Gasteiger partial charge in [-0.1, -0.05) is 12.1 Å². The molecular formula is C18H24N4O3. The number of carbonyl (C=O) groups is 2. The molecule has 1 aliphatic rings. The van der Waals surface area contributed by atoms with Crippen LogP contribution in [-0.2, 0) is 16.0 Å². The fraction of sp³-hybridized carbons (Fsp3) is 0.500. The SMILES string of the molecule is CNC(=O)COC(=O)NC1CCN(CCc2ccc(C#N)cc2)CC1. The minimum Gasteiger partial charge on any atom is -0.439 e. The van der Waals surface area contributed by atoms with E-state index in [1.165, 1.54) is 12.6 Å². The summed E-state index contributed by atoms with van der Waals surface area (Å²) in [6.07, 6.45) is 2.13. The number of rotatable bonds is 6. The fourth-order valence-corrected chi connectivity index (χ4v) is 2.75. The van der Waals surface area contributed by atoms with Gasteiger partial charge in [-0.05, 0) is 37.0 Å². The molecule has 0 unspecified atom stereocenters. The van der Waals surface area contributed by atoms with Crippen molar-refractivity contribution in [3.05, 3.63) is 35.4 Å². The third kappa shape index (κ3) is 6.43. The third-order valence-electron chi connectivity index (χ3n) is 4.32. The third-order valence-corrected chi connectivity index (χ3v) is 4.32. The summed E-state index contributed by atoms with van der Waals surface area (Å²) < 4.78 is 4.85. The lowest BCUT2D eigenvalue weighted by molar-refractivity contribution is -0.123. The number of piperidine rings is 1. The van der Waals surface area contributed by atoms with Gasteiger partial charge in [-0.2, -0.15) is 5.26 Å². The monoisotopic (exact) mass is 344 g/mol. The largest absolute Gasteiger partial charge is 0.439 e. The molecule has 0 saturated carbocycles. The predicted octanol–water partition coefficient (Wildman–Crippen LogP) is 1.04. The van der Waals surface area contributed by atoms with Crippen molar-refractivity contribution in [3.63, 3.8) is 0 Å². The van der Waals surface area contributed by atoms with Crippen LogP contribution in [-0.4, -0.2) is 56.2 Å². The average Bonchev–Trinajstić information content (AvgIpc) is 2.66. The molecule has 0 spiro atoms. The summed E-state index contributed by atoms with van der Waals surface area (Å²) in [5.74, 6) is -0.326. The average molecular weight is 344 g/mol. The van der Waals surface area contributed by atoms with Crippen molar-refractivity contribution in [1.29, 1.82) is 5.26 Å². The van der Waals surface area contributed by atoms with Gasteiger partial charge in [0.25, 0.3) is 5.91 Å². The Hall–Kier alpha value is -2.59. The topological polar surface area (TPSA) is 94.5 Å². The quantitative estimate of drug-likeness (QED) is 0.804. The maximum atomic E-state index is 11.6. The van der Waals surface area contributed by atoms with Crippen LogP contribution in [0, 0.1) is 11.3 Å². The maximum Gasteiger partial charge on any atom is 0.407 e. The molecule has 7 heteroatoms. The van der Waals surface area contributed by atoms with Crippen molar-refractivity contribution < 1.29 is 14.3 Å². The van der Waals surface area contributed by atoms with E-state index in [0.717, 1.165) is 38.9 Å². The highest BCUT2D eigenvalue weighted by molar-refractivity contribution is 5.79. The summed E-state index contributed by atoms with van der Waals surface area (Å²) in [6.45, 7) is 2.53. The summed E-state index contributed by atoms with van der Waals surface area (Å²) in [4.78, 5) is 25.0. The van der Waals surface area contributed by atoms with Crippen LogP contribution in [0.4, 0.5) is 4.79 Å². The van der Waals surface area contributed by atoms with Gasteiger partial charge in [0.2, 0.25) is 0 Å². The van der Waals surface area contributed by atoms with Gasteiger partial charge < -0.3 is 20.3 Å². The van der Waals surface area contributed by atoms with Crippen molar-refractivity contribution in [2.45, 2.75) is 25.3 Å². The van der Waals surface area contributed by atoms with Crippen LogP contribution in [0.3, 0.4) is 0 Å². The van der Waals surface area contributed by atoms with Gasteiger partial charge >= 0.3 is 6.09 Å². The van der Waals surface area contributed by atoms with Crippen LogP contribution in [0.1, 0.15) is 24.0 Å². The van der Waals surface area contributed by atoms with E-state index in [9.17, 15) is 9.59 Å². The van der Waals surface area contributed by atoms with Crippen molar-refractivity contribution in [2.24, 2.45) is 0 Å². The number of nitrogens with zero attached hydrogens (tertiary/aromatic N) is 2. The first-order chi connectivity index (χ1) is 12.1. The zero-order chi connectivity index (χ0) is 18.1. The van der Waals surface area contributed by atoms with Gasteiger partial charge in [0.1, 0.15) is 0 Å². The lowest BCUT2D eigenvalue weighted by Gasteiger charge is -2.32. The maximum absolute atomic E-state index is 11.6. The predicted molar refractivity (Wildman–Crippen MR) is 92.9 cm³/mol. The number of benzene rings is 1. The van der Waals surface area contributed by atoms with Crippen molar-refractivity contribution >= 4 is 12.0 Å². The number of ether oxygens (including phenoxy) is 1. The number of hydrogen-bond donors (Lipinski definition) is 2. The minimum absolute atomic E-state index is 0.0864. The minimum atomic E-state index is -0.542. The molecule has 1 saturated heterocycles. The Kier molecular flexibility index (Phi) is 7.23. The Labute approximate surface area is 147 Å². The zero-order valence-electron chi connectivity index (χ0n) is 14.5. The molecule has 1 heterocycles. The number of nitriles is 1. The molecule has 2 N–H and O–H groups in total. The van der Waals surface area contributed by atoms with E-state index in [1.807, 2.05) is 24.3 Å². The molecule has 0 aromatic heterocycles. The van der Waals surface area contributed by atoms with Crippen LogP contribution in [0.5, 0.6) is 0 Å². The Balaban J connectivity index is 1.64. The molecule has 1 aromatic carbocycles. The van der Waals surface area contributed by atoms with Crippen LogP contribution < -0.4 is 10.6 Å². The second-order valence-corrected chi connectivity index (χ2v) is 6.07. The van der Waals surface area contributed by atoms with Gasteiger partial charge in [0, 0.05) is 32.7 Å². The summed E-state index contributed by atoms with van der Waals surface area (Å²) in [7, 11) is 1.50. The Bertz CT molecular complexity index is 616. The van der Waals surface area contributed by atoms with Gasteiger partial charge in [-0.3, -0.25) is 4.79 Å². The molecular weight excluding hydrogens is 320 g/mol. The summed E-state index contributed by atoms with van der Waals surface area (Å²) in [5.41, 5.74) is 1.90. The van der Waals surface area contributed by atoms with E-state index < -0.39 is 6.09 Å². The number of hydrogen-bond acceptors (Lipinski definition) is 5. The van der Waals surface area contributed by atoms with E-state index in [4.69, 9.17) is 10.00 Å². The molecule has 2 amide bonds. The van der Waals surface area contributed by atoms with Crippen LogP contribution in [0.25, 0.3) is 0 Å². The van der Waals surface area contributed by atoms with Gasteiger partial charge in [0.15, 0.2) is 6.61 Å². The van der Waals surface area contributed by atoms with Crippen LogP contribution >= 0.6 is 0 Å². The van der Waals surface area contributed by atoms with Gasteiger partial charge in [-0.15, -0.1) is 0 Å². The highest BCUT2D eigenvalue weighted by atomic mass is 16.6. The molecule has 25 heavy (non-hydrogen) atoms.